The Balaban J connectivity index is 1.65. The van der Waals surface area contributed by atoms with Crippen molar-refractivity contribution >= 4 is 17.8 Å². The summed E-state index contributed by atoms with van der Waals surface area (Å²) in [5.41, 5.74) is 0. The molecule has 2 amide bonds. The number of nitrogens with one attached hydrogen (secondary N) is 1. The van der Waals surface area contributed by atoms with Gasteiger partial charge < -0.3 is 24.8 Å². The second-order valence-corrected chi connectivity index (χ2v) is 5.06. The van der Waals surface area contributed by atoms with Crippen LogP contribution in [0.3, 0.4) is 0 Å². The summed E-state index contributed by atoms with van der Waals surface area (Å²) in [7, 11) is 0. The molecule has 2 fully saturated rings. The number of nitrogens with zero attached hydrogens (tertiary/aromatic N) is 1. The van der Waals surface area contributed by atoms with E-state index in [1.807, 2.05) is 0 Å². The molecule has 2 saturated heterocycles. The van der Waals surface area contributed by atoms with Crippen LogP contribution in [-0.4, -0.2) is 72.8 Å². The van der Waals surface area contributed by atoms with E-state index in [1.54, 1.807) is 4.90 Å². The van der Waals surface area contributed by atoms with Crippen molar-refractivity contribution < 1.29 is 29.0 Å². The lowest BCUT2D eigenvalue weighted by atomic mass is 10.2. The standard InChI is InChI=1S/C13H20N2O6/c16-11(15-5-7-20-8-6-15)3-4-14-12(17)9-1-2-10(21-9)13(18)19/h9-10H,1-8H2,(H,14,17)(H,18,19). The lowest BCUT2D eigenvalue weighted by molar-refractivity contribution is -0.151. The smallest absolute Gasteiger partial charge is 0.332 e. The van der Waals surface area contributed by atoms with E-state index in [1.165, 1.54) is 0 Å². The van der Waals surface area contributed by atoms with E-state index in [2.05, 4.69) is 5.32 Å². The summed E-state index contributed by atoms with van der Waals surface area (Å²) in [6.45, 7) is 2.49. The summed E-state index contributed by atoms with van der Waals surface area (Å²) < 4.78 is 10.3. The molecule has 8 heteroatoms. The fourth-order valence-electron chi connectivity index (χ4n) is 2.39. The van der Waals surface area contributed by atoms with E-state index >= 15 is 0 Å². The number of morpholine rings is 1. The molecule has 0 aromatic carbocycles. The predicted octanol–water partition coefficient (Wildman–Crippen LogP) is -1.02. The van der Waals surface area contributed by atoms with Crippen LogP contribution in [0, 0.1) is 0 Å². The lowest BCUT2D eigenvalue weighted by Crippen LogP contribution is -2.43. The number of hydrogen-bond donors (Lipinski definition) is 2. The van der Waals surface area contributed by atoms with Crippen LogP contribution in [0.15, 0.2) is 0 Å². The summed E-state index contributed by atoms with van der Waals surface area (Å²) in [5, 5.41) is 11.4. The Bertz CT molecular complexity index is 407. The summed E-state index contributed by atoms with van der Waals surface area (Å²) in [4.78, 5) is 36.1. The molecule has 0 spiro atoms. The SMILES string of the molecule is O=C(O)C1CCC(C(=O)NCCC(=O)N2CCOCC2)O1. The fraction of sp³-hybridized carbons (Fsp3) is 0.769. The van der Waals surface area contributed by atoms with Gasteiger partial charge in [0.15, 0.2) is 6.10 Å². The van der Waals surface area contributed by atoms with Gasteiger partial charge in [-0.3, -0.25) is 9.59 Å². The van der Waals surface area contributed by atoms with Crippen LogP contribution in [0.25, 0.3) is 0 Å². The van der Waals surface area contributed by atoms with Crippen LogP contribution in [-0.2, 0) is 23.9 Å². The monoisotopic (exact) mass is 300 g/mol. The molecule has 118 valence electrons. The third-order valence-corrected chi connectivity index (χ3v) is 3.59. The maximum atomic E-state index is 11.9. The largest absolute Gasteiger partial charge is 0.479 e. The molecular weight excluding hydrogens is 280 g/mol. The molecule has 8 nitrogen and oxygen atoms in total. The molecule has 0 aromatic heterocycles. The molecule has 2 aliphatic rings. The molecule has 2 rings (SSSR count). The number of ether oxygens (including phenoxy) is 2. The van der Waals surface area contributed by atoms with E-state index in [4.69, 9.17) is 14.6 Å². The van der Waals surface area contributed by atoms with Crippen molar-refractivity contribution in [1.29, 1.82) is 0 Å². The third kappa shape index (κ3) is 4.40. The molecule has 0 aromatic rings. The predicted molar refractivity (Wildman–Crippen MR) is 70.6 cm³/mol. The molecule has 0 aliphatic carbocycles. The summed E-state index contributed by atoms with van der Waals surface area (Å²) in [6.07, 6.45) is -0.693. The van der Waals surface area contributed by atoms with Crippen molar-refractivity contribution in [3.05, 3.63) is 0 Å². The minimum Gasteiger partial charge on any atom is -0.479 e. The first-order chi connectivity index (χ1) is 10.1. The number of aliphatic carboxylic acids is 1. The number of carbonyl (C=O) groups is 3. The number of amides is 2. The zero-order valence-corrected chi connectivity index (χ0v) is 11.7. The maximum Gasteiger partial charge on any atom is 0.332 e. The fourth-order valence-corrected chi connectivity index (χ4v) is 2.39. The quantitative estimate of drug-likeness (QED) is 0.673. The highest BCUT2D eigenvalue weighted by molar-refractivity contribution is 5.83. The second kappa shape index (κ2) is 7.37. The first kappa shape index (κ1) is 15.7. The molecule has 21 heavy (non-hydrogen) atoms. The molecule has 0 saturated carbocycles. The average molecular weight is 300 g/mol. The molecule has 2 atom stereocenters. The molecule has 2 aliphatic heterocycles. The van der Waals surface area contributed by atoms with Gasteiger partial charge in [0.2, 0.25) is 11.8 Å². The van der Waals surface area contributed by atoms with Crippen molar-refractivity contribution in [2.24, 2.45) is 0 Å². The van der Waals surface area contributed by atoms with Gasteiger partial charge in [-0.1, -0.05) is 0 Å². The van der Waals surface area contributed by atoms with E-state index in [0.29, 0.717) is 39.1 Å². The number of carbonyl (C=O) groups excluding carboxylic acids is 2. The first-order valence-corrected chi connectivity index (χ1v) is 7.09. The van der Waals surface area contributed by atoms with Gasteiger partial charge in [0.1, 0.15) is 6.10 Å². The van der Waals surface area contributed by atoms with Crippen molar-refractivity contribution in [3.8, 4) is 0 Å². The number of hydrogen-bond acceptors (Lipinski definition) is 5. The van der Waals surface area contributed by atoms with Gasteiger partial charge in [-0.05, 0) is 12.8 Å². The van der Waals surface area contributed by atoms with E-state index in [9.17, 15) is 14.4 Å². The first-order valence-electron chi connectivity index (χ1n) is 7.09. The van der Waals surface area contributed by atoms with Crippen LogP contribution in [0.5, 0.6) is 0 Å². The van der Waals surface area contributed by atoms with Crippen LogP contribution >= 0.6 is 0 Å². The minimum atomic E-state index is -1.05. The van der Waals surface area contributed by atoms with Crippen LogP contribution in [0.4, 0.5) is 0 Å². The van der Waals surface area contributed by atoms with Crippen molar-refractivity contribution in [2.75, 3.05) is 32.8 Å². The number of rotatable bonds is 5. The molecule has 2 N–H and O–H groups in total. The number of carboxylic acids is 1. The minimum absolute atomic E-state index is 0.0191. The highest BCUT2D eigenvalue weighted by Gasteiger charge is 2.34. The van der Waals surface area contributed by atoms with Gasteiger partial charge >= 0.3 is 5.97 Å². The Morgan fingerprint density at radius 1 is 1.14 bits per heavy atom. The van der Waals surface area contributed by atoms with Crippen molar-refractivity contribution in [1.82, 2.24) is 10.2 Å². The molecule has 2 heterocycles. The Labute approximate surface area is 122 Å². The van der Waals surface area contributed by atoms with Gasteiger partial charge in [-0.2, -0.15) is 0 Å². The second-order valence-electron chi connectivity index (χ2n) is 5.06. The molecule has 0 radical (unpaired) electrons. The summed E-state index contributed by atoms with van der Waals surface area (Å²) in [5.74, 6) is -1.42. The van der Waals surface area contributed by atoms with Crippen LogP contribution in [0.2, 0.25) is 0 Å². The highest BCUT2D eigenvalue weighted by atomic mass is 16.5. The Hall–Kier alpha value is -1.67. The normalized spacial score (nSPS) is 25.6. The number of carboxylic acid groups (broad SMARTS) is 1. The summed E-state index contributed by atoms with van der Waals surface area (Å²) in [6, 6.07) is 0. The zero-order chi connectivity index (χ0) is 15.2. The van der Waals surface area contributed by atoms with Gasteiger partial charge in [0, 0.05) is 26.1 Å². The van der Waals surface area contributed by atoms with E-state index in [0.717, 1.165) is 0 Å². The molecule has 0 bridgehead atoms. The topological polar surface area (TPSA) is 105 Å². The molecular formula is C13H20N2O6. The van der Waals surface area contributed by atoms with Gasteiger partial charge in [-0.15, -0.1) is 0 Å². The van der Waals surface area contributed by atoms with Crippen molar-refractivity contribution in [3.63, 3.8) is 0 Å². The van der Waals surface area contributed by atoms with Gasteiger partial charge in [0.05, 0.1) is 13.2 Å². The Morgan fingerprint density at radius 3 is 2.43 bits per heavy atom. The van der Waals surface area contributed by atoms with E-state index in [-0.39, 0.29) is 24.8 Å². The third-order valence-electron chi connectivity index (χ3n) is 3.59. The maximum absolute atomic E-state index is 11.9. The Kier molecular flexibility index (Phi) is 5.51. The van der Waals surface area contributed by atoms with Gasteiger partial charge in [-0.25, -0.2) is 4.79 Å². The van der Waals surface area contributed by atoms with Crippen molar-refractivity contribution in [2.45, 2.75) is 31.5 Å². The van der Waals surface area contributed by atoms with Crippen LogP contribution < -0.4 is 5.32 Å². The zero-order valence-electron chi connectivity index (χ0n) is 11.7. The average Bonchev–Trinajstić information content (AvgIpc) is 2.98. The summed E-state index contributed by atoms with van der Waals surface area (Å²) >= 11 is 0. The Morgan fingerprint density at radius 2 is 1.81 bits per heavy atom. The van der Waals surface area contributed by atoms with Gasteiger partial charge in [0.25, 0.3) is 0 Å². The van der Waals surface area contributed by atoms with E-state index < -0.39 is 18.2 Å². The lowest BCUT2D eigenvalue weighted by Gasteiger charge is -2.26. The highest BCUT2D eigenvalue weighted by Crippen LogP contribution is 2.19. The molecule has 2 unspecified atom stereocenters. The van der Waals surface area contributed by atoms with Crippen LogP contribution in [0.1, 0.15) is 19.3 Å².